The third-order valence-electron chi connectivity index (χ3n) is 5.22. The van der Waals surface area contributed by atoms with Crippen LogP contribution < -0.4 is 5.32 Å². The maximum absolute atomic E-state index is 12.4. The molecule has 1 N–H and O–H groups in total. The van der Waals surface area contributed by atoms with E-state index in [0.29, 0.717) is 12.5 Å². The number of nitrogens with zero attached hydrogens (tertiary/aromatic N) is 4. The number of hydrogen-bond acceptors (Lipinski definition) is 4. The second-order valence-electron chi connectivity index (χ2n) is 6.84. The van der Waals surface area contributed by atoms with Crippen molar-refractivity contribution >= 4 is 6.03 Å². The van der Waals surface area contributed by atoms with Gasteiger partial charge in [0.25, 0.3) is 0 Å². The predicted octanol–water partition coefficient (Wildman–Crippen LogP) is 1.29. The normalized spacial score (nSPS) is 27.2. The predicted molar refractivity (Wildman–Crippen MR) is 84.3 cm³/mol. The Hall–Kier alpha value is -1.63. The molecule has 2 atom stereocenters. The van der Waals surface area contributed by atoms with Crippen LogP contribution >= 0.6 is 0 Å². The summed E-state index contributed by atoms with van der Waals surface area (Å²) in [5.74, 6) is 2.51. The quantitative estimate of drug-likeness (QED) is 0.911. The molecule has 2 amide bonds. The number of likely N-dealkylation sites (tertiary alicyclic amines) is 1. The Balaban J connectivity index is 1.35. The van der Waals surface area contributed by atoms with Crippen LogP contribution in [0.5, 0.6) is 0 Å². The van der Waals surface area contributed by atoms with Crippen molar-refractivity contribution in [3.8, 4) is 0 Å². The van der Waals surface area contributed by atoms with Crippen LogP contribution in [0, 0.1) is 0 Å². The van der Waals surface area contributed by atoms with Gasteiger partial charge in [-0.25, -0.2) is 4.79 Å². The van der Waals surface area contributed by atoms with E-state index in [1.807, 2.05) is 4.90 Å². The van der Waals surface area contributed by atoms with Gasteiger partial charge >= 0.3 is 6.03 Å². The largest absolute Gasteiger partial charge is 0.376 e. The first-order valence-electron chi connectivity index (χ1n) is 8.87. The highest BCUT2D eigenvalue weighted by atomic mass is 16.5. The zero-order valence-electron chi connectivity index (χ0n) is 13.5. The molecule has 0 bridgehead atoms. The van der Waals surface area contributed by atoms with Crippen LogP contribution in [0.25, 0.3) is 0 Å². The number of fused-ring (bicyclic) bond motifs is 1. The number of hydrogen-bond donors (Lipinski definition) is 1. The SMILES string of the molecule is O=C(NCC1CCCO1)N1CCCC(c2nnc3n2CCC3)C1. The number of rotatable bonds is 3. The van der Waals surface area contributed by atoms with Crippen molar-refractivity contribution in [1.29, 1.82) is 0 Å². The highest BCUT2D eigenvalue weighted by molar-refractivity contribution is 5.74. The number of aryl methyl sites for hydroxylation is 1. The highest BCUT2D eigenvalue weighted by Gasteiger charge is 2.30. The summed E-state index contributed by atoms with van der Waals surface area (Å²) in [6.45, 7) is 4.05. The summed E-state index contributed by atoms with van der Waals surface area (Å²) in [4.78, 5) is 14.4. The Kier molecular flexibility index (Phi) is 4.20. The Morgan fingerprint density at radius 1 is 1.22 bits per heavy atom. The van der Waals surface area contributed by atoms with E-state index in [2.05, 4.69) is 20.1 Å². The number of ether oxygens (including phenoxy) is 1. The van der Waals surface area contributed by atoms with E-state index < -0.39 is 0 Å². The molecule has 4 heterocycles. The number of carbonyl (C=O) groups is 1. The summed E-state index contributed by atoms with van der Waals surface area (Å²) in [5, 5.41) is 11.7. The monoisotopic (exact) mass is 319 g/mol. The zero-order valence-corrected chi connectivity index (χ0v) is 13.5. The Morgan fingerprint density at radius 2 is 2.17 bits per heavy atom. The Bertz CT molecular complexity index is 567. The fourth-order valence-electron chi connectivity index (χ4n) is 3.97. The topological polar surface area (TPSA) is 72.3 Å². The van der Waals surface area contributed by atoms with Gasteiger partial charge < -0.3 is 19.5 Å². The molecule has 7 nitrogen and oxygen atoms in total. The van der Waals surface area contributed by atoms with Gasteiger partial charge in [-0.1, -0.05) is 0 Å². The second-order valence-corrected chi connectivity index (χ2v) is 6.84. The number of nitrogens with one attached hydrogen (secondary N) is 1. The highest BCUT2D eigenvalue weighted by Crippen LogP contribution is 2.28. The minimum absolute atomic E-state index is 0.0337. The number of carbonyl (C=O) groups excluding carboxylic acids is 1. The molecule has 4 rings (SSSR count). The van der Waals surface area contributed by atoms with Crippen LogP contribution in [-0.4, -0.2) is 58.0 Å². The zero-order chi connectivity index (χ0) is 15.6. The molecule has 0 aliphatic carbocycles. The van der Waals surface area contributed by atoms with Crippen LogP contribution in [-0.2, 0) is 17.7 Å². The van der Waals surface area contributed by atoms with E-state index in [1.165, 1.54) is 0 Å². The summed E-state index contributed by atoms with van der Waals surface area (Å²) in [6, 6.07) is 0.0337. The molecular formula is C16H25N5O2. The first-order valence-corrected chi connectivity index (χ1v) is 8.87. The summed E-state index contributed by atoms with van der Waals surface area (Å²) in [7, 11) is 0. The van der Waals surface area contributed by atoms with E-state index in [1.54, 1.807) is 0 Å². The lowest BCUT2D eigenvalue weighted by Crippen LogP contribution is -2.47. The lowest BCUT2D eigenvalue weighted by molar-refractivity contribution is 0.107. The summed E-state index contributed by atoms with van der Waals surface area (Å²) in [6.07, 6.45) is 6.66. The molecule has 3 aliphatic rings. The minimum atomic E-state index is 0.0337. The third-order valence-corrected chi connectivity index (χ3v) is 5.22. The average molecular weight is 319 g/mol. The molecule has 23 heavy (non-hydrogen) atoms. The van der Waals surface area contributed by atoms with Crippen molar-refractivity contribution in [3.05, 3.63) is 11.6 Å². The van der Waals surface area contributed by atoms with E-state index >= 15 is 0 Å². The van der Waals surface area contributed by atoms with Crippen molar-refractivity contribution in [2.75, 3.05) is 26.2 Å². The number of amides is 2. The van der Waals surface area contributed by atoms with E-state index in [-0.39, 0.29) is 12.1 Å². The Labute approximate surface area is 136 Å². The molecule has 7 heteroatoms. The van der Waals surface area contributed by atoms with E-state index in [9.17, 15) is 4.79 Å². The molecule has 2 unspecified atom stereocenters. The van der Waals surface area contributed by atoms with Crippen LogP contribution in [0.2, 0.25) is 0 Å². The van der Waals surface area contributed by atoms with Gasteiger partial charge in [-0.2, -0.15) is 0 Å². The van der Waals surface area contributed by atoms with Crippen LogP contribution in [0.3, 0.4) is 0 Å². The summed E-state index contributed by atoms with van der Waals surface area (Å²) < 4.78 is 7.83. The molecule has 126 valence electrons. The Morgan fingerprint density at radius 3 is 3.04 bits per heavy atom. The first kappa shape index (κ1) is 14.9. The van der Waals surface area contributed by atoms with Crippen molar-refractivity contribution < 1.29 is 9.53 Å². The van der Waals surface area contributed by atoms with Gasteiger partial charge in [0.15, 0.2) is 0 Å². The lowest BCUT2D eigenvalue weighted by atomic mass is 9.97. The molecule has 3 aliphatic heterocycles. The third kappa shape index (κ3) is 3.06. The number of piperidine rings is 1. The van der Waals surface area contributed by atoms with E-state index in [0.717, 1.165) is 76.4 Å². The molecule has 2 saturated heterocycles. The molecular weight excluding hydrogens is 294 g/mol. The number of aromatic nitrogens is 3. The first-order chi connectivity index (χ1) is 11.3. The fourth-order valence-corrected chi connectivity index (χ4v) is 3.97. The average Bonchev–Trinajstić information content (AvgIpc) is 3.30. The van der Waals surface area contributed by atoms with Crippen LogP contribution in [0.1, 0.15) is 49.7 Å². The molecule has 2 fully saturated rings. The maximum Gasteiger partial charge on any atom is 0.317 e. The molecule has 1 aromatic heterocycles. The molecule has 0 radical (unpaired) electrons. The molecule has 0 spiro atoms. The van der Waals surface area contributed by atoms with Gasteiger partial charge in [0, 0.05) is 45.1 Å². The molecule has 0 aromatic carbocycles. The minimum Gasteiger partial charge on any atom is -0.376 e. The van der Waals surface area contributed by atoms with Crippen molar-refractivity contribution in [2.45, 2.75) is 57.1 Å². The maximum atomic E-state index is 12.4. The summed E-state index contributed by atoms with van der Waals surface area (Å²) >= 11 is 0. The van der Waals surface area contributed by atoms with Gasteiger partial charge in [0.05, 0.1) is 6.10 Å². The van der Waals surface area contributed by atoms with Gasteiger partial charge in [-0.05, 0) is 32.1 Å². The lowest BCUT2D eigenvalue weighted by Gasteiger charge is -2.32. The summed E-state index contributed by atoms with van der Waals surface area (Å²) in [5.41, 5.74) is 0. The van der Waals surface area contributed by atoms with E-state index in [4.69, 9.17) is 4.74 Å². The molecule has 1 aromatic rings. The van der Waals surface area contributed by atoms with Gasteiger partial charge in [-0.3, -0.25) is 0 Å². The molecule has 0 saturated carbocycles. The standard InChI is InChI=1S/C16H25N5O2/c22-16(17-10-13-5-3-9-23-13)20-7-1-4-12(11-20)15-19-18-14-6-2-8-21(14)15/h12-13H,1-11H2,(H,17,22). The van der Waals surface area contributed by atoms with Crippen molar-refractivity contribution in [1.82, 2.24) is 25.0 Å². The van der Waals surface area contributed by atoms with Gasteiger partial charge in [0.1, 0.15) is 11.6 Å². The van der Waals surface area contributed by atoms with Crippen LogP contribution in [0.4, 0.5) is 4.79 Å². The van der Waals surface area contributed by atoms with Crippen molar-refractivity contribution in [2.24, 2.45) is 0 Å². The van der Waals surface area contributed by atoms with Crippen molar-refractivity contribution in [3.63, 3.8) is 0 Å². The number of urea groups is 1. The fraction of sp³-hybridized carbons (Fsp3) is 0.812. The van der Waals surface area contributed by atoms with Crippen LogP contribution in [0.15, 0.2) is 0 Å². The van der Waals surface area contributed by atoms with Gasteiger partial charge in [0.2, 0.25) is 0 Å². The smallest absolute Gasteiger partial charge is 0.317 e. The van der Waals surface area contributed by atoms with Gasteiger partial charge in [-0.15, -0.1) is 10.2 Å². The second kappa shape index (κ2) is 6.47.